The Balaban J connectivity index is 0.643. The monoisotopic (exact) mass is 965 g/mol. The van der Waals surface area contributed by atoms with Crippen molar-refractivity contribution in [2.24, 2.45) is 0 Å². The molecule has 9 rings (SSSR count). The van der Waals surface area contributed by atoms with Gasteiger partial charge >= 0.3 is 0 Å². The van der Waals surface area contributed by atoms with Crippen LogP contribution in [0.25, 0.3) is 32.8 Å². The second-order valence-electron chi connectivity index (χ2n) is 17.4. The molecule has 14 heteroatoms. The largest absolute Gasteiger partial charge is 0.390 e. The fourth-order valence-corrected chi connectivity index (χ4v) is 10.4. The number of aromatic nitrogens is 3. The van der Waals surface area contributed by atoms with E-state index in [2.05, 4.69) is 133 Å². The Morgan fingerprint density at radius 3 is 2.19 bits per heavy atom. The summed E-state index contributed by atoms with van der Waals surface area (Å²) in [5, 5.41) is 24.2. The van der Waals surface area contributed by atoms with E-state index in [9.17, 15) is 14.7 Å². The fourth-order valence-electron chi connectivity index (χ4n) is 9.72. The number of rotatable bonds is 17. The van der Waals surface area contributed by atoms with Crippen molar-refractivity contribution in [2.75, 3.05) is 70.3 Å². The van der Waals surface area contributed by atoms with E-state index < -0.39 is 6.10 Å². The minimum Gasteiger partial charge on any atom is -0.390 e. The topological polar surface area (TPSA) is 123 Å². The Kier molecular flexibility index (Phi) is 13.6. The molecule has 0 unspecified atom stereocenters. The van der Waals surface area contributed by atoms with Crippen LogP contribution in [0, 0.1) is 0 Å². The summed E-state index contributed by atoms with van der Waals surface area (Å²) in [5.41, 5.74) is 5.94. The number of carbonyl (C=O) groups excluding carboxylic acids is 2. The maximum Gasteiger partial charge on any atom is 0.252 e. The number of hydrogen-bond acceptors (Lipinski definition) is 8. The molecule has 3 fully saturated rings. The summed E-state index contributed by atoms with van der Waals surface area (Å²) in [6.45, 7) is 9.66. The molecule has 3 aliphatic rings. The molecule has 0 spiro atoms. The van der Waals surface area contributed by atoms with Crippen molar-refractivity contribution in [3.63, 3.8) is 0 Å². The Labute approximate surface area is 380 Å². The van der Waals surface area contributed by atoms with Crippen LogP contribution < -0.4 is 20.9 Å². The van der Waals surface area contributed by atoms with Crippen LogP contribution in [0.3, 0.4) is 0 Å². The van der Waals surface area contributed by atoms with Crippen LogP contribution in [0.1, 0.15) is 48.0 Å². The van der Waals surface area contributed by atoms with Crippen molar-refractivity contribution in [3.05, 3.63) is 105 Å². The van der Waals surface area contributed by atoms with Crippen LogP contribution in [0.15, 0.2) is 94.1 Å². The first-order chi connectivity index (χ1) is 30.2. The van der Waals surface area contributed by atoms with Crippen molar-refractivity contribution in [1.82, 2.24) is 39.9 Å². The third kappa shape index (κ3) is 10.2. The molecule has 3 aromatic carbocycles. The molecular weight excluding hydrogens is 910 g/mol. The number of β-amino-alcohol motifs (C(OH)–C–C–N with tert-alkyl or cyclic N) is 1. The number of amides is 2. The Morgan fingerprint density at radius 1 is 0.790 bits per heavy atom. The van der Waals surface area contributed by atoms with Crippen LogP contribution in [-0.4, -0.2) is 124 Å². The van der Waals surface area contributed by atoms with Crippen LogP contribution in [0.4, 0.5) is 5.69 Å². The van der Waals surface area contributed by atoms with Crippen molar-refractivity contribution in [3.8, 4) is 0 Å². The molecule has 0 saturated carbocycles. The number of nitrogens with one attached hydrogen (secondary N) is 3. The van der Waals surface area contributed by atoms with Gasteiger partial charge in [-0.05, 0) is 105 Å². The minimum atomic E-state index is -0.468. The molecule has 0 radical (unpaired) electrons. The average molecular weight is 968 g/mol. The summed E-state index contributed by atoms with van der Waals surface area (Å²) < 4.78 is 6.18. The van der Waals surface area contributed by atoms with Crippen LogP contribution in [-0.2, 0) is 24.3 Å². The van der Waals surface area contributed by atoms with Gasteiger partial charge in [0.2, 0.25) is 5.91 Å². The highest BCUT2D eigenvalue weighted by Crippen LogP contribution is 2.33. The number of hydrogen-bond donors (Lipinski definition) is 4. The molecule has 2 amide bonds. The summed E-state index contributed by atoms with van der Waals surface area (Å²) in [4.78, 5) is 37.8. The number of halogens is 2. The standard InChI is InChI=1S/C48H57Br2N9O3/c49-36-6-12-44-42(25-36)43-26-37(50)7-13-45(43)59(44)31-41(60)30-56-22-20-55(21-23-56)18-3-1-2-16-51-46(61)32-57-19-15-34-24-35(27-53-47(34)57)48(62)52-17-14-33-4-10-40(11-5-33)58-28-38-8-9-39(29-58)54-38/h4-7,10-13,15,19,24-27,38-39,41,54,60H,1-3,8-9,14,16-18,20-23,28-32H2,(H,51,61)(H,52,62)/t38-,39+,41-/m0/s1. The number of aliphatic hydroxyl groups excluding tert-OH is 1. The number of benzene rings is 3. The normalized spacial score (nSPS) is 18.9. The molecule has 6 aromatic rings. The molecule has 4 N–H and O–H groups in total. The number of aliphatic hydroxyl groups is 1. The molecule has 0 aliphatic carbocycles. The summed E-state index contributed by atoms with van der Waals surface area (Å²) in [5.74, 6) is -0.193. The van der Waals surface area contributed by atoms with E-state index in [0.717, 1.165) is 96.9 Å². The lowest BCUT2D eigenvalue weighted by atomic mass is 10.1. The van der Waals surface area contributed by atoms with E-state index in [1.807, 2.05) is 22.9 Å². The maximum atomic E-state index is 13.0. The summed E-state index contributed by atoms with van der Waals surface area (Å²) >= 11 is 7.25. The Morgan fingerprint density at radius 2 is 1.48 bits per heavy atom. The smallest absolute Gasteiger partial charge is 0.252 e. The molecule has 326 valence electrons. The van der Waals surface area contributed by atoms with E-state index in [-0.39, 0.29) is 18.4 Å². The third-order valence-corrected chi connectivity index (χ3v) is 14.0. The van der Waals surface area contributed by atoms with E-state index in [0.29, 0.717) is 49.5 Å². The molecule has 6 heterocycles. The summed E-state index contributed by atoms with van der Waals surface area (Å²) in [6, 6.07) is 26.4. The lowest BCUT2D eigenvalue weighted by Gasteiger charge is -2.35. The van der Waals surface area contributed by atoms with Crippen molar-refractivity contribution in [2.45, 2.75) is 69.8 Å². The zero-order valence-electron chi connectivity index (χ0n) is 35.2. The summed E-state index contributed by atoms with van der Waals surface area (Å²) in [7, 11) is 0. The molecule has 12 nitrogen and oxygen atoms in total. The Hall–Kier alpha value is -4.31. The van der Waals surface area contributed by atoms with Gasteiger partial charge in [0.15, 0.2) is 0 Å². The Bertz CT molecular complexity index is 2440. The fraction of sp³-hybridized carbons (Fsp3) is 0.438. The first-order valence-corrected chi connectivity index (χ1v) is 23.9. The number of unbranched alkanes of at least 4 members (excludes halogenated alkanes) is 2. The van der Waals surface area contributed by atoms with Gasteiger partial charge in [0.25, 0.3) is 5.91 Å². The summed E-state index contributed by atoms with van der Waals surface area (Å²) in [6.07, 6.45) is 9.36. The van der Waals surface area contributed by atoms with Gasteiger partial charge in [-0.2, -0.15) is 0 Å². The number of nitrogens with zero attached hydrogens (tertiary/aromatic N) is 6. The lowest BCUT2D eigenvalue weighted by molar-refractivity contribution is -0.121. The van der Waals surface area contributed by atoms with E-state index in [4.69, 9.17) is 0 Å². The molecule has 2 bridgehead atoms. The first-order valence-electron chi connectivity index (χ1n) is 22.3. The maximum absolute atomic E-state index is 13.0. The average Bonchev–Trinajstić information content (AvgIpc) is 3.93. The number of carbonyl (C=O) groups is 2. The van der Waals surface area contributed by atoms with Crippen LogP contribution in [0.5, 0.6) is 0 Å². The molecule has 3 aliphatic heterocycles. The second kappa shape index (κ2) is 19.6. The highest BCUT2D eigenvalue weighted by atomic mass is 79.9. The van der Waals surface area contributed by atoms with E-state index >= 15 is 0 Å². The second-order valence-corrected chi connectivity index (χ2v) is 19.3. The SMILES string of the molecule is O=C(Cn1ccc2cc(C(=O)NCCc3ccc(N4C[C@H]5CC[C@@H](C4)N5)cc3)cnc21)NCCCCCN1CCN(C[C@H](O)Cn2c3ccc(Br)cc3c3cc(Br)ccc32)CC1. The molecule has 3 saturated heterocycles. The van der Waals surface area contributed by atoms with Gasteiger partial charge in [0.05, 0.1) is 18.2 Å². The molecular formula is C48H57Br2N9O3. The van der Waals surface area contributed by atoms with Gasteiger partial charge in [-0.15, -0.1) is 0 Å². The minimum absolute atomic E-state index is 0.0446. The van der Waals surface area contributed by atoms with Crippen LogP contribution in [0.2, 0.25) is 0 Å². The van der Waals surface area contributed by atoms with Gasteiger partial charge in [-0.1, -0.05) is 50.4 Å². The number of fused-ring (bicyclic) bond motifs is 6. The predicted octanol–water partition coefficient (Wildman–Crippen LogP) is 6.55. The van der Waals surface area contributed by atoms with Gasteiger partial charge in [-0.25, -0.2) is 4.98 Å². The van der Waals surface area contributed by atoms with Crippen molar-refractivity contribution >= 4 is 82.2 Å². The van der Waals surface area contributed by atoms with Gasteiger partial charge in [0.1, 0.15) is 12.2 Å². The number of pyridine rings is 1. The number of piperazine rings is 2. The lowest BCUT2D eigenvalue weighted by Crippen LogP contribution is -2.51. The molecule has 62 heavy (non-hydrogen) atoms. The zero-order valence-corrected chi connectivity index (χ0v) is 38.4. The third-order valence-electron chi connectivity index (χ3n) is 13.0. The van der Waals surface area contributed by atoms with E-state index in [1.165, 1.54) is 34.9 Å². The predicted molar refractivity (Wildman–Crippen MR) is 255 cm³/mol. The van der Waals surface area contributed by atoms with Crippen LogP contribution >= 0.6 is 31.9 Å². The molecule has 3 atom stereocenters. The quantitative estimate of drug-likeness (QED) is 0.0761. The first kappa shape index (κ1) is 43.0. The van der Waals surface area contributed by atoms with Crippen molar-refractivity contribution in [1.29, 1.82) is 0 Å². The van der Waals surface area contributed by atoms with Gasteiger partial charge in [0, 0.05) is 125 Å². The van der Waals surface area contributed by atoms with Gasteiger partial charge < -0.3 is 40.0 Å². The van der Waals surface area contributed by atoms with E-state index in [1.54, 1.807) is 6.20 Å². The molecule has 3 aromatic heterocycles. The zero-order chi connectivity index (χ0) is 42.6. The van der Waals surface area contributed by atoms with Gasteiger partial charge in [-0.3, -0.25) is 14.5 Å². The van der Waals surface area contributed by atoms with Crippen molar-refractivity contribution < 1.29 is 14.7 Å². The number of anilines is 1. The highest BCUT2D eigenvalue weighted by molar-refractivity contribution is 9.10. The highest BCUT2D eigenvalue weighted by Gasteiger charge is 2.32.